The van der Waals surface area contributed by atoms with E-state index in [4.69, 9.17) is 4.42 Å². The summed E-state index contributed by atoms with van der Waals surface area (Å²) < 4.78 is 5.63. The van der Waals surface area contributed by atoms with Crippen molar-refractivity contribution in [2.75, 3.05) is 48.8 Å². The van der Waals surface area contributed by atoms with Crippen LogP contribution in [0.2, 0.25) is 0 Å². The molecule has 3 N–H and O–H groups in total. The lowest BCUT2D eigenvalue weighted by molar-refractivity contribution is 0.0995. The lowest BCUT2D eigenvalue weighted by Gasteiger charge is -2.23. The van der Waals surface area contributed by atoms with Gasteiger partial charge in [-0.1, -0.05) is 24.3 Å². The Hall–Kier alpha value is -4.01. The van der Waals surface area contributed by atoms with Gasteiger partial charge in [0.1, 0.15) is 17.0 Å². The van der Waals surface area contributed by atoms with E-state index in [0.29, 0.717) is 11.1 Å². The highest BCUT2D eigenvalue weighted by atomic mass is 35.5. The summed E-state index contributed by atoms with van der Waals surface area (Å²) in [7, 11) is 2.13. The number of nitrogens with one attached hydrogen (secondary N) is 2. The van der Waals surface area contributed by atoms with Crippen molar-refractivity contribution in [2.24, 2.45) is 0 Å². The summed E-state index contributed by atoms with van der Waals surface area (Å²) in [4.78, 5) is 30.5. The largest absolute Gasteiger partial charge is 0.506 e. The van der Waals surface area contributed by atoms with Crippen molar-refractivity contribution in [3.05, 3.63) is 84.1 Å². The Morgan fingerprint density at radius 2 is 1.65 bits per heavy atom. The molecule has 0 atom stereocenters. The molecule has 2 amide bonds. The maximum Gasteiger partial charge on any atom is 0.291 e. The first-order valence-electron chi connectivity index (χ1n) is 11.9. The summed E-state index contributed by atoms with van der Waals surface area (Å²) in [6.45, 7) is 3.99. The van der Waals surface area contributed by atoms with E-state index in [-0.39, 0.29) is 35.3 Å². The molecule has 2 heterocycles. The van der Waals surface area contributed by atoms with E-state index in [9.17, 15) is 14.7 Å². The van der Waals surface area contributed by atoms with Crippen LogP contribution in [0.15, 0.2) is 77.2 Å². The number of para-hydroxylation sites is 2. The Labute approximate surface area is 221 Å². The number of likely N-dealkylation sites (N-methyl/N-ethyl adjacent to an activating group) is 1. The zero-order chi connectivity index (χ0) is 25.1. The van der Waals surface area contributed by atoms with Crippen LogP contribution in [0.4, 0.5) is 17.1 Å². The molecule has 8 nitrogen and oxygen atoms in total. The lowest BCUT2D eigenvalue weighted by atomic mass is 10.1. The van der Waals surface area contributed by atoms with E-state index in [1.165, 1.54) is 6.07 Å². The van der Waals surface area contributed by atoms with Gasteiger partial charge in [-0.25, -0.2) is 0 Å². The summed E-state index contributed by atoms with van der Waals surface area (Å²) in [6, 6.07) is 21.0. The van der Waals surface area contributed by atoms with E-state index in [1.54, 1.807) is 36.4 Å². The van der Waals surface area contributed by atoms with Gasteiger partial charge in [0.25, 0.3) is 11.8 Å². The number of furan rings is 1. The SMILES string of the molecule is CN1CCCN(c2ccc(C(=O)Nc3c(O)cccc3NC(=O)c3cc4ccccc4o3)cc2)CC1.Cl. The normalized spacial score (nSPS) is 14.0. The van der Waals surface area contributed by atoms with Gasteiger partial charge in [0.15, 0.2) is 5.76 Å². The molecule has 37 heavy (non-hydrogen) atoms. The number of aromatic hydroxyl groups is 1. The van der Waals surface area contributed by atoms with Crippen molar-refractivity contribution in [1.82, 2.24) is 4.90 Å². The Morgan fingerprint density at radius 3 is 2.43 bits per heavy atom. The number of benzene rings is 3. The standard InChI is InChI=1S/C28H28N4O4.ClH/c1-31-14-5-15-32(17-16-31)21-12-10-19(11-13-21)27(34)30-26-22(7-4-8-23(26)33)29-28(35)25-18-20-6-2-3-9-24(20)36-25;/h2-4,6-13,18,33H,5,14-17H2,1H3,(H,29,35)(H,30,34);1H. The average molecular weight is 521 g/mol. The number of halogens is 1. The second-order valence-corrected chi connectivity index (χ2v) is 8.95. The quantitative estimate of drug-likeness (QED) is 0.313. The molecule has 3 aromatic carbocycles. The molecule has 0 bridgehead atoms. The van der Waals surface area contributed by atoms with Crippen LogP contribution >= 0.6 is 12.4 Å². The van der Waals surface area contributed by atoms with E-state index in [0.717, 1.165) is 43.7 Å². The molecule has 1 fully saturated rings. The maximum absolute atomic E-state index is 13.0. The van der Waals surface area contributed by atoms with Gasteiger partial charge >= 0.3 is 0 Å². The fourth-order valence-corrected chi connectivity index (χ4v) is 4.37. The second-order valence-electron chi connectivity index (χ2n) is 8.95. The van der Waals surface area contributed by atoms with Gasteiger partial charge in [0.2, 0.25) is 0 Å². The molecule has 0 aliphatic carbocycles. The van der Waals surface area contributed by atoms with Crippen molar-refractivity contribution < 1.29 is 19.1 Å². The highest BCUT2D eigenvalue weighted by molar-refractivity contribution is 6.11. The van der Waals surface area contributed by atoms with Crippen molar-refractivity contribution >= 4 is 52.3 Å². The first-order chi connectivity index (χ1) is 17.5. The van der Waals surface area contributed by atoms with Gasteiger partial charge in [0, 0.05) is 36.3 Å². The molecule has 1 aliphatic heterocycles. The number of hydrogen-bond donors (Lipinski definition) is 3. The molecule has 9 heteroatoms. The summed E-state index contributed by atoms with van der Waals surface area (Å²) >= 11 is 0. The van der Waals surface area contributed by atoms with Crippen molar-refractivity contribution in [2.45, 2.75) is 6.42 Å². The maximum atomic E-state index is 13.0. The molecule has 4 aromatic rings. The number of carbonyl (C=O) groups excluding carboxylic acids is 2. The highest BCUT2D eigenvalue weighted by Crippen LogP contribution is 2.33. The van der Waals surface area contributed by atoms with Gasteiger partial charge in [-0.15, -0.1) is 12.4 Å². The molecular weight excluding hydrogens is 492 g/mol. The first-order valence-corrected chi connectivity index (χ1v) is 11.9. The molecule has 1 aliphatic rings. The summed E-state index contributed by atoms with van der Waals surface area (Å²) in [5, 5.41) is 16.7. The third-order valence-electron chi connectivity index (χ3n) is 6.39. The minimum Gasteiger partial charge on any atom is -0.506 e. The number of nitrogens with zero attached hydrogens (tertiary/aromatic N) is 2. The van der Waals surface area contributed by atoms with E-state index >= 15 is 0 Å². The molecule has 0 unspecified atom stereocenters. The fourth-order valence-electron chi connectivity index (χ4n) is 4.37. The van der Waals surface area contributed by atoms with Crippen LogP contribution in [0.25, 0.3) is 11.0 Å². The first kappa shape index (κ1) is 26.1. The Balaban J connectivity index is 0.00000320. The molecule has 0 radical (unpaired) electrons. The summed E-state index contributed by atoms with van der Waals surface area (Å²) in [5.74, 6) is -0.902. The topological polar surface area (TPSA) is 98.0 Å². The van der Waals surface area contributed by atoms with E-state index < -0.39 is 11.8 Å². The van der Waals surface area contributed by atoms with Gasteiger partial charge in [0.05, 0.1) is 5.69 Å². The van der Waals surface area contributed by atoms with Gasteiger partial charge in [-0.3, -0.25) is 9.59 Å². The third-order valence-corrected chi connectivity index (χ3v) is 6.39. The number of rotatable bonds is 5. The van der Waals surface area contributed by atoms with Gasteiger partial charge < -0.3 is 30.0 Å². The predicted molar refractivity (Wildman–Crippen MR) is 148 cm³/mol. The number of phenolic OH excluding ortho intramolecular Hbond substituents is 1. The number of carbonyl (C=O) groups is 2. The summed E-state index contributed by atoms with van der Waals surface area (Å²) in [6.07, 6.45) is 1.09. The fraction of sp³-hybridized carbons (Fsp3) is 0.214. The summed E-state index contributed by atoms with van der Waals surface area (Å²) in [5.41, 5.74) is 2.50. The van der Waals surface area contributed by atoms with Gasteiger partial charge in [-0.05, 0) is 68.5 Å². The minimum absolute atomic E-state index is 0. The van der Waals surface area contributed by atoms with Crippen molar-refractivity contribution in [3.8, 4) is 5.75 Å². The number of fused-ring (bicyclic) bond motifs is 1. The smallest absolute Gasteiger partial charge is 0.291 e. The van der Waals surface area contributed by atoms with Crippen molar-refractivity contribution in [3.63, 3.8) is 0 Å². The molecule has 1 saturated heterocycles. The average Bonchev–Trinajstić information content (AvgIpc) is 3.21. The number of amides is 2. The van der Waals surface area contributed by atoms with E-state index in [1.807, 2.05) is 30.3 Å². The second kappa shape index (κ2) is 11.4. The van der Waals surface area contributed by atoms with Crippen molar-refractivity contribution in [1.29, 1.82) is 0 Å². The van der Waals surface area contributed by atoms with Crippen LogP contribution in [0.1, 0.15) is 27.3 Å². The third kappa shape index (κ3) is 5.87. The van der Waals surface area contributed by atoms with Gasteiger partial charge in [-0.2, -0.15) is 0 Å². The zero-order valence-corrected chi connectivity index (χ0v) is 21.3. The van der Waals surface area contributed by atoms with Crippen LogP contribution in [0.3, 0.4) is 0 Å². The molecule has 192 valence electrons. The number of anilines is 3. The Kier molecular flexibility index (Phi) is 8.01. The molecule has 5 rings (SSSR count). The number of phenols is 1. The molecule has 0 saturated carbocycles. The molecule has 0 spiro atoms. The van der Waals surface area contributed by atoms with Crippen LogP contribution in [0, 0.1) is 0 Å². The zero-order valence-electron chi connectivity index (χ0n) is 20.4. The van der Waals surface area contributed by atoms with E-state index in [2.05, 4.69) is 27.5 Å². The molecular formula is C28H29ClN4O4. The van der Waals surface area contributed by atoms with Crippen LogP contribution in [-0.4, -0.2) is 55.0 Å². The van der Waals surface area contributed by atoms with Crippen LogP contribution in [-0.2, 0) is 0 Å². The van der Waals surface area contributed by atoms with Crippen LogP contribution < -0.4 is 15.5 Å². The predicted octanol–water partition coefficient (Wildman–Crippen LogP) is 5.21. The van der Waals surface area contributed by atoms with Crippen LogP contribution in [0.5, 0.6) is 5.75 Å². The lowest BCUT2D eigenvalue weighted by Crippen LogP contribution is -2.28. The molecule has 1 aromatic heterocycles. The monoisotopic (exact) mass is 520 g/mol. The Bertz CT molecular complexity index is 1370. The highest BCUT2D eigenvalue weighted by Gasteiger charge is 2.18. The number of hydrogen-bond acceptors (Lipinski definition) is 6. The minimum atomic E-state index is -0.486. The Morgan fingerprint density at radius 1 is 0.865 bits per heavy atom.